The molecule has 5 heteroatoms. The Morgan fingerprint density at radius 3 is 2.52 bits per heavy atom. The summed E-state index contributed by atoms with van der Waals surface area (Å²) >= 11 is 0. The van der Waals surface area contributed by atoms with Crippen molar-refractivity contribution in [2.45, 2.75) is 19.4 Å². The molecule has 2 aromatic carbocycles. The number of fused-ring (bicyclic) bond motifs is 1. The van der Waals surface area contributed by atoms with E-state index >= 15 is 0 Å². The van der Waals surface area contributed by atoms with Crippen LogP contribution in [0.2, 0.25) is 0 Å². The summed E-state index contributed by atoms with van der Waals surface area (Å²) in [6.45, 7) is 2.54. The number of nitrogens with two attached hydrogens (primary N) is 1. The molecule has 2 rings (SSSR count). The summed E-state index contributed by atoms with van der Waals surface area (Å²) in [6, 6.07) is 11.7. The zero-order valence-electron chi connectivity index (χ0n) is 12.3. The van der Waals surface area contributed by atoms with E-state index in [1.165, 1.54) is 0 Å². The van der Waals surface area contributed by atoms with Crippen molar-refractivity contribution >= 4 is 22.3 Å². The van der Waals surface area contributed by atoms with Crippen molar-refractivity contribution in [2.24, 2.45) is 10.9 Å². The van der Waals surface area contributed by atoms with Crippen molar-refractivity contribution in [1.29, 1.82) is 0 Å². The largest absolute Gasteiger partial charge is 0.409 e. The van der Waals surface area contributed by atoms with Crippen molar-refractivity contribution < 1.29 is 10.3 Å². The van der Waals surface area contributed by atoms with Gasteiger partial charge in [0, 0.05) is 30.2 Å². The minimum atomic E-state index is -0.324. The van der Waals surface area contributed by atoms with E-state index in [2.05, 4.69) is 10.1 Å². The smallest absolute Gasteiger partial charge is 0.170 e. The molecule has 1 unspecified atom stereocenters. The summed E-state index contributed by atoms with van der Waals surface area (Å²) in [6.07, 6.45) is 0.377. The van der Waals surface area contributed by atoms with E-state index in [4.69, 9.17) is 10.9 Å². The maximum atomic E-state index is 9.42. The number of anilines is 1. The van der Waals surface area contributed by atoms with Gasteiger partial charge in [0.2, 0.25) is 0 Å². The molecule has 0 saturated heterocycles. The summed E-state index contributed by atoms with van der Waals surface area (Å²) in [4.78, 5) is 2.10. The molecule has 0 aliphatic carbocycles. The van der Waals surface area contributed by atoms with Gasteiger partial charge in [-0.05, 0) is 30.9 Å². The summed E-state index contributed by atoms with van der Waals surface area (Å²) in [5.74, 6) is 0.101. The van der Waals surface area contributed by atoms with Crippen molar-refractivity contribution in [3.8, 4) is 0 Å². The maximum Gasteiger partial charge on any atom is 0.170 e. The summed E-state index contributed by atoms with van der Waals surface area (Å²) < 4.78 is 0. The molecule has 0 amide bonds. The van der Waals surface area contributed by atoms with Crippen LogP contribution in [0.4, 0.5) is 5.69 Å². The highest BCUT2D eigenvalue weighted by Crippen LogP contribution is 2.29. The molecule has 0 saturated carbocycles. The lowest BCUT2D eigenvalue weighted by Gasteiger charge is -2.22. The fourth-order valence-corrected chi connectivity index (χ4v) is 2.39. The number of hydrogen-bond acceptors (Lipinski definition) is 4. The lowest BCUT2D eigenvalue weighted by atomic mass is 10.0. The lowest BCUT2D eigenvalue weighted by molar-refractivity contribution is 0.187. The third kappa shape index (κ3) is 3.25. The van der Waals surface area contributed by atoms with Crippen molar-refractivity contribution in [3.05, 3.63) is 42.0 Å². The van der Waals surface area contributed by atoms with Gasteiger partial charge in [0.05, 0.1) is 6.10 Å². The first kappa shape index (κ1) is 15.1. The van der Waals surface area contributed by atoms with Gasteiger partial charge in [0.15, 0.2) is 5.84 Å². The van der Waals surface area contributed by atoms with E-state index in [-0.39, 0.29) is 11.9 Å². The standard InChI is InChI=1S/C16H21N3O2/c1-11(20)9-10-19(2)15-8-7-14(16(17)18-21)12-5-3-4-6-13(12)15/h3-8,11,20-21H,9-10H2,1-2H3,(H2,17,18). The van der Waals surface area contributed by atoms with E-state index in [9.17, 15) is 5.11 Å². The second kappa shape index (κ2) is 6.45. The van der Waals surface area contributed by atoms with E-state index in [1.54, 1.807) is 6.92 Å². The van der Waals surface area contributed by atoms with Gasteiger partial charge in [0.1, 0.15) is 0 Å². The second-order valence-electron chi connectivity index (χ2n) is 5.22. The summed E-state index contributed by atoms with van der Waals surface area (Å²) in [5, 5.41) is 23.4. The highest BCUT2D eigenvalue weighted by molar-refractivity contribution is 6.11. The van der Waals surface area contributed by atoms with E-state index in [1.807, 2.05) is 43.4 Å². The minimum absolute atomic E-state index is 0.101. The Morgan fingerprint density at radius 1 is 1.24 bits per heavy atom. The average molecular weight is 287 g/mol. The minimum Gasteiger partial charge on any atom is -0.409 e. The molecule has 1 atom stereocenters. The number of aliphatic hydroxyl groups is 1. The fourth-order valence-electron chi connectivity index (χ4n) is 2.39. The first-order valence-electron chi connectivity index (χ1n) is 6.93. The quantitative estimate of drug-likeness (QED) is 0.340. The van der Waals surface area contributed by atoms with Crippen LogP contribution in [0.25, 0.3) is 10.8 Å². The average Bonchev–Trinajstić information content (AvgIpc) is 2.50. The number of rotatable bonds is 5. The van der Waals surface area contributed by atoms with Gasteiger partial charge in [0.25, 0.3) is 0 Å². The van der Waals surface area contributed by atoms with Gasteiger partial charge in [-0.2, -0.15) is 0 Å². The van der Waals surface area contributed by atoms with Gasteiger partial charge in [-0.3, -0.25) is 0 Å². The third-order valence-corrected chi connectivity index (χ3v) is 3.58. The highest BCUT2D eigenvalue weighted by Gasteiger charge is 2.12. The lowest BCUT2D eigenvalue weighted by Crippen LogP contribution is -2.22. The van der Waals surface area contributed by atoms with Crippen LogP contribution in [0.5, 0.6) is 0 Å². The molecule has 5 nitrogen and oxygen atoms in total. The molecule has 0 bridgehead atoms. The van der Waals surface area contributed by atoms with Crippen molar-refractivity contribution in [1.82, 2.24) is 0 Å². The molecule has 0 spiro atoms. The Morgan fingerprint density at radius 2 is 1.90 bits per heavy atom. The second-order valence-corrected chi connectivity index (χ2v) is 5.22. The topological polar surface area (TPSA) is 82.1 Å². The van der Waals surface area contributed by atoms with Crippen LogP contribution in [-0.4, -0.2) is 35.8 Å². The number of benzene rings is 2. The Kier molecular flexibility index (Phi) is 4.65. The van der Waals surface area contributed by atoms with Crippen molar-refractivity contribution in [2.75, 3.05) is 18.5 Å². The van der Waals surface area contributed by atoms with Crippen LogP contribution >= 0.6 is 0 Å². The maximum absolute atomic E-state index is 9.42. The molecule has 0 aliphatic rings. The molecule has 112 valence electrons. The van der Waals surface area contributed by atoms with Crippen LogP contribution in [-0.2, 0) is 0 Å². The third-order valence-electron chi connectivity index (χ3n) is 3.58. The van der Waals surface area contributed by atoms with Crippen LogP contribution in [0.15, 0.2) is 41.6 Å². The number of oxime groups is 1. The molecule has 0 aliphatic heterocycles. The number of aliphatic hydroxyl groups excluding tert-OH is 1. The van der Waals surface area contributed by atoms with Crippen LogP contribution in [0.1, 0.15) is 18.9 Å². The molecule has 0 fully saturated rings. The Labute approximate surface area is 124 Å². The van der Waals surface area contributed by atoms with E-state index in [0.717, 1.165) is 23.0 Å². The first-order chi connectivity index (χ1) is 10.0. The molecule has 21 heavy (non-hydrogen) atoms. The predicted octanol–water partition coefficient (Wildman–Crippen LogP) is 2.14. The molecular formula is C16H21N3O2. The fraction of sp³-hybridized carbons (Fsp3) is 0.312. The van der Waals surface area contributed by atoms with Gasteiger partial charge < -0.3 is 20.9 Å². The summed E-state index contributed by atoms with van der Waals surface area (Å²) in [7, 11) is 1.99. The zero-order chi connectivity index (χ0) is 15.4. The van der Waals surface area contributed by atoms with Gasteiger partial charge in [-0.1, -0.05) is 29.4 Å². The molecular weight excluding hydrogens is 266 g/mol. The van der Waals surface area contributed by atoms with Crippen LogP contribution in [0, 0.1) is 0 Å². The Bertz CT molecular complexity index is 653. The highest BCUT2D eigenvalue weighted by atomic mass is 16.4. The number of amidine groups is 1. The predicted molar refractivity (Wildman–Crippen MR) is 86.0 cm³/mol. The van der Waals surface area contributed by atoms with E-state index < -0.39 is 0 Å². The summed E-state index contributed by atoms with van der Waals surface area (Å²) in [5.41, 5.74) is 7.50. The van der Waals surface area contributed by atoms with Crippen molar-refractivity contribution in [3.63, 3.8) is 0 Å². The molecule has 0 heterocycles. The molecule has 4 N–H and O–H groups in total. The molecule has 0 aromatic heterocycles. The van der Waals surface area contributed by atoms with Gasteiger partial charge >= 0.3 is 0 Å². The van der Waals surface area contributed by atoms with Crippen LogP contribution < -0.4 is 10.6 Å². The zero-order valence-corrected chi connectivity index (χ0v) is 12.3. The SMILES string of the molecule is CC(O)CCN(C)c1ccc(/C(N)=N/O)c2ccccc12. The molecule has 0 radical (unpaired) electrons. The first-order valence-corrected chi connectivity index (χ1v) is 6.93. The van der Waals surface area contributed by atoms with Gasteiger partial charge in [-0.25, -0.2) is 0 Å². The van der Waals surface area contributed by atoms with E-state index in [0.29, 0.717) is 12.0 Å². The Balaban J connectivity index is 2.47. The normalized spacial score (nSPS) is 13.4. The number of nitrogens with zero attached hydrogens (tertiary/aromatic N) is 2. The Hall–Kier alpha value is -2.27. The monoisotopic (exact) mass is 287 g/mol. The van der Waals surface area contributed by atoms with Gasteiger partial charge in [-0.15, -0.1) is 0 Å². The van der Waals surface area contributed by atoms with Crippen LogP contribution in [0.3, 0.4) is 0 Å². The molecule has 2 aromatic rings. The number of hydrogen-bond donors (Lipinski definition) is 3.